The minimum Gasteiger partial charge on any atom is -0.392 e. The fourth-order valence-electron chi connectivity index (χ4n) is 1.16. The van der Waals surface area contributed by atoms with Crippen molar-refractivity contribution in [1.82, 2.24) is 5.32 Å². The van der Waals surface area contributed by atoms with Crippen molar-refractivity contribution >= 4 is 0 Å². The van der Waals surface area contributed by atoms with Crippen molar-refractivity contribution in [2.75, 3.05) is 13.1 Å². The van der Waals surface area contributed by atoms with Crippen LogP contribution in [0.1, 0.15) is 27.2 Å². The first kappa shape index (κ1) is 13.7. The molecule has 5 heteroatoms. The van der Waals surface area contributed by atoms with Crippen LogP contribution in [0.2, 0.25) is 0 Å². The summed E-state index contributed by atoms with van der Waals surface area (Å²) in [6.45, 7) is 4.73. The second-order valence-electron chi connectivity index (χ2n) is 4.66. The van der Waals surface area contributed by atoms with E-state index in [0.29, 0.717) is 6.42 Å². The summed E-state index contributed by atoms with van der Waals surface area (Å²) < 4.78 is 35.1. The zero-order valence-corrected chi connectivity index (χ0v) is 8.78. The lowest BCUT2D eigenvalue weighted by Crippen LogP contribution is -2.36. The van der Waals surface area contributed by atoms with Crippen LogP contribution in [0.5, 0.6) is 0 Å². The summed E-state index contributed by atoms with van der Waals surface area (Å²) in [5.41, 5.74) is -0.0701. The summed E-state index contributed by atoms with van der Waals surface area (Å²) in [7, 11) is 0. The van der Waals surface area contributed by atoms with Gasteiger partial charge in [-0.25, -0.2) is 0 Å². The number of alkyl halides is 3. The molecule has 0 fully saturated rings. The number of halogens is 3. The maximum Gasteiger partial charge on any atom is 0.401 e. The molecule has 0 aromatic heterocycles. The highest BCUT2D eigenvalue weighted by atomic mass is 19.4. The van der Waals surface area contributed by atoms with E-state index < -0.39 is 18.8 Å². The fourth-order valence-corrected chi connectivity index (χ4v) is 1.16. The molecule has 2 N–H and O–H groups in total. The van der Waals surface area contributed by atoms with Crippen molar-refractivity contribution < 1.29 is 18.3 Å². The first-order valence-electron chi connectivity index (χ1n) is 4.56. The van der Waals surface area contributed by atoms with Crippen LogP contribution < -0.4 is 5.32 Å². The Labute approximate surface area is 82.5 Å². The van der Waals surface area contributed by atoms with Crippen LogP contribution in [0.15, 0.2) is 0 Å². The molecule has 0 saturated heterocycles. The summed E-state index contributed by atoms with van der Waals surface area (Å²) in [5, 5.41) is 11.5. The van der Waals surface area contributed by atoms with E-state index in [4.69, 9.17) is 0 Å². The highest BCUT2D eigenvalue weighted by molar-refractivity contribution is 4.70. The Morgan fingerprint density at radius 1 is 1.21 bits per heavy atom. The molecule has 14 heavy (non-hydrogen) atoms. The van der Waals surface area contributed by atoms with Gasteiger partial charge in [0.2, 0.25) is 0 Å². The van der Waals surface area contributed by atoms with Crippen molar-refractivity contribution in [2.45, 2.75) is 39.5 Å². The van der Waals surface area contributed by atoms with Crippen molar-refractivity contribution in [3.8, 4) is 0 Å². The van der Waals surface area contributed by atoms with E-state index in [1.165, 1.54) is 0 Å². The third-order valence-electron chi connectivity index (χ3n) is 1.55. The van der Waals surface area contributed by atoms with Gasteiger partial charge in [-0.2, -0.15) is 13.2 Å². The molecule has 2 nitrogen and oxygen atoms in total. The van der Waals surface area contributed by atoms with Crippen molar-refractivity contribution in [1.29, 1.82) is 0 Å². The van der Waals surface area contributed by atoms with Gasteiger partial charge in [-0.1, -0.05) is 20.8 Å². The quantitative estimate of drug-likeness (QED) is 0.748. The summed E-state index contributed by atoms with van der Waals surface area (Å²) >= 11 is 0. The minimum absolute atomic E-state index is 0.0171. The molecular formula is C9H18F3NO. The number of hydrogen-bond acceptors (Lipinski definition) is 2. The lowest BCUT2D eigenvalue weighted by molar-refractivity contribution is -0.125. The molecular weight excluding hydrogens is 195 g/mol. The van der Waals surface area contributed by atoms with E-state index in [2.05, 4.69) is 5.32 Å². The highest BCUT2D eigenvalue weighted by Crippen LogP contribution is 2.20. The Morgan fingerprint density at radius 2 is 1.71 bits per heavy atom. The summed E-state index contributed by atoms with van der Waals surface area (Å²) in [5.74, 6) is 0. The Morgan fingerprint density at radius 3 is 2.07 bits per heavy atom. The van der Waals surface area contributed by atoms with Crippen LogP contribution in [0.3, 0.4) is 0 Å². The number of hydrogen-bond donors (Lipinski definition) is 2. The van der Waals surface area contributed by atoms with Crippen molar-refractivity contribution in [2.24, 2.45) is 5.41 Å². The molecule has 0 aliphatic heterocycles. The topological polar surface area (TPSA) is 32.3 Å². The van der Waals surface area contributed by atoms with Gasteiger partial charge in [0.25, 0.3) is 0 Å². The van der Waals surface area contributed by atoms with E-state index in [-0.39, 0.29) is 12.0 Å². The molecule has 0 aliphatic carbocycles. The summed E-state index contributed by atoms with van der Waals surface area (Å²) in [4.78, 5) is 0. The maximum absolute atomic E-state index is 11.7. The van der Waals surface area contributed by atoms with Gasteiger partial charge >= 0.3 is 6.18 Å². The molecule has 0 aromatic rings. The smallest absolute Gasteiger partial charge is 0.392 e. The summed E-state index contributed by atoms with van der Waals surface area (Å²) in [6, 6.07) is 0. The van der Waals surface area contributed by atoms with Crippen LogP contribution >= 0.6 is 0 Å². The molecule has 0 heterocycles. The zero-order valence-electron chi connectivity index (χ0n) is 8.78. The molecule has 1 atom stereocenters. The fraction of sp³-hybridized carbons (Fsp3) is 1.00. The second-order valence-corrected chi connectivity index (χ2v) is 4.66. The number of aliphatic hydroxyl groups is 1. The van der Waals surface area contributed by atoms with Gasteiger partial charge in [-0.15, -0.1) is 0 Å². The average Bonchev–Trinajstić information content (AvgIpc) is 1.78. The van der Waals surface area contributed by atoms with Crippen LogP contribution in [-0.2, 0) is 0 Å². The average molecular weight is 213 g/mol. The molecule has 0 bridgehead atoms. The van der Waals surface area contributed by atoms with Gasteiger partial charge < -0.3 is 10.4 Å². The molecule has 86 valence electrons. The Bertz CT molecular complexity index is 162. The van der Waals surface area contributed by atoms with Crippen LogP contribution in [0.4, 0.5) is 13.2 Å². The standard InChI is InChI=1S/C9H18F3NO/c1-8(2,3)4-7(14)5-13-6-9(10,11)12/h7,13-14H,4-6H2,1-3H3. The first-order chi connectivity index (χ1) is 6.10. The van der Waals surface area contributed by atoms with Gasteiger partial charge in [0.15, 0.2) is 0 Å². The predicted molar refractivity (Wildman–Crippen MR) is 49.0 cm³/mol. The largest absolute Gasteiger partial charge is 0.401 e. The van der Waals surface area contributed by atoms with Gasteiger partial charge in [-0.3, -0.25) is 0 Å². The first-order valence-corrected chi connectivity index (χ1v) is 4.56. The van der Waals surface area contributed by atoms with Gasteiger partial charge in [0.1, 0.15) is 0 Å². The Hall–Kier alpha value is -0.290. The monoisotopic (exact) mass is 213 g/mol. The third-order valence-corrected chi connectivity index (χ3v) is 1.55. The number of aliphatic hydroxyl groups excluding tert-OH is 1. The zero-order chi connectivity index (χ0) is 11.4. The molecule has 1 unspecified atom stereocenters. The number of nitrogens with one attached hydrogen (secondary N) is 1. The molecule has 0 spiro atoms. The van der Waals surface area contributed by atoms with Crippen molar-refractivity contribution in [3.05, 3.63) is 0 Å². The molecule has 0 saturated carbocycles. The Kier molecular flexibility index (Phi) is 4.88. The van der Waals surface area contributed by atoms with E-state index >= 15 is 0 Å². The third kappa shape index (κ3) is 9.80. The van der Waals surface area contributed by atoms with Gasteiger partial charge in [0.05, 0.1) is 12.6 Å². The van der Waals surface area contributed by atoms with Gasteiger partial charge in [0, 0.05) is 6.54 Å². The van der Waals surface area contributed by atoms with E-state index in [1.807, 2.05) is 20.8 Å². The second kappa shape index (κ2) is 4.98. The lowest BCUT2D eigenvalue weighted by atomic mass is 9.89. The van der Waals surface area contributed by atoms with E-state index in [9.17, 15) is 18.3 Å². The predicted octanol–water partition coefficient (Wildman–Crippen LogP) is 1.94. The maximum atomic E-state index is 11.7. The molecule has 0 amide bonds. The van der Waals surface area contributed by atoms with Gasteiger partial charge in [-0.05, 0) is 11.8 Å². The van der Waals surface area contributed by atoms with E-state index in [0.717, 1.165) is 0 Å². The van der Waals surface area contributed by atoms with Crippen molar-refractivity contribution in [3.63, 3.8) is 0 Å². The molecule has 0 aromatic carbocycles. The molecule has 0 aliphatic rings. The highest BCUT2D eigenvalue weighted by Gasteiger charge is 2.27. The van der Waals surface area contributed by atoms with Crippen LogP contribution in [0.25, 0.3) is 0 Å². The van der Waals surface area contributed by atoms with E-state index in [1.54, 1.807) is 0 Å². The SMILES string of the molecule is CC(C)(C)CC(O)CNCC(F)(F)F. The normalized spacial score (nSPS) is 15.6. The van der Waals surface area contributed by atoms with Crippen LogP contribution in [0, 0.1) is 5.41 Å². The Balaban J connectivity index is 3.60. The minimum atomic E-state index is -4.21. The molecule has 0 radical (unpaired) electrons. The lowest BCUT2D eigenvalue weighted by Gasteiger charge is -2.22. The van der Waals surface area contributed by atoms with Crippen LogP contribution in [-0.4, -0.2) is 30.5 Å². The summed E-state index contributed by atoms with van der Waals surface area (Å²) in [6.07, 6.45) is -4.45. The molecule has 0 rings (SSSR count). The number of rotatable bonds is 4.